The van der Waals surface area contributed by atoms with Crippen LogP contribution in [0.4, 0.5) is 5.95 Å². The Balaban J connectivity index is 1.87. The number of hydrogen-bond donors (Lipinski definition) is 2. The molecule has 0 saturated carbocycles. The number of nitrogens with zero attached hydrogens (tertiary/aromatic N) is 4. The highest BCUT2D eigenvalue weighted by Crippen LogP contribution is 2.22. The molecule has 3 heterocycles. The van der Waals surface area contributed by atoms with E-state index < -0.39 is 6.10 Å². The molecular weight excluding hydrogens is 284 g/mol. The summed E-state index contributed by atoms with van der Waals surface area (Å²) in [6.07, 6.45) is 0.974. The molecule has 0 amide bonds. The molecule has 0 bridgehead atoms. The number of methoxy groups -OCH3 is 1. The Morgan fingerprint density at radius 1 is 1.60 bits per heavy atom. The van der Waals surface area contributed by atoms with Crippen LogP contribution in [0.5, 0.6) is 0 Å². The number of anilines is 1. The number of H-pyrrole nitrogens is 1. The van der Waals surface area contributed by atoms with Gasteiger partial charge in [0.1, 0.15) is 17.9 Å². The van der Waals surface area contributed by atoms with Gasteiger partial charge >= 0.3 is 0 Å². The van der Waals surface area contributed by atoms with E-state index >= 15 is 0 Å². The standard InChI is InChI=1S/C11H13ClN6O2/c1-19-9(13)6-4-18(2-3-20-6)11-16-7-8(12)14-5-15-10(7)17-11/h5-6,13H,2-4H2,1H3,(H,14,15,16,17). The number of nitrogens with one attached hydrogen (secondary N) is 2. The molecule has 8 nitrogen and oxygen atoms in total. The van der Waals surface area contributed by atoms with Crippen LogP contribution in [0, 0.1) is 5.41 Å². The average molecular weight is 297 g/mol. The number of imidazole rings is 1. The molecule has 0 radical (unpaired) electrons. The maximum Gasteiger partial charge on any atom is 0.212 e. The van der Waals surface area contributed by atoms with Crippen molar-refractivity contribution in [3.63, 3.8) is 0 Å². The van der Waals surface area contributed by atoms with Crippen LogP contribution in [0.2, 0.25) is 5.15 Å². The summed E-state index contributed by atoms with van der Waals surface area (Å²) in [7, 11) is 1.46. The SMILES string of the molecule is COC(=N)C1CN(c2nc3ncnc(Cl)c3[nH]2)CCO1. The largest absolute Gasteiger partial charge is 0.483 e. The third-order valence-corrected chi connectivity index (χ3v) is 3.39. The highest BCUT2D eigenvalue weighted by molar-refractivity contribution is 6.33. The number of aromatic nitrogens is 4. The van der Waals surface area contributed by atoms with Gasteiger partial charge in [0.25, 0.3) is 0 Å². The number of ether oxygens (including phenoxy) is 2. The zero-order chi connectivity index (χ0) is 14.1. The van der Waals surface area contributed by atoms with Gasteiger partial charge in [0.15, 0.2) is 10.8 Å². The predicted molar refractivity (Wildman–Crippen MR) is 73.4 cm³/mol. The van der Waals surface area contributed by atoms with E-state index in [2.05, 4.69) is 19.9 Å². The minimum atomic E-state index is -0.400. The highest BCUT2D eigenvalue weighted by atomic mass is 35.5. The van der Waals surface area contributed by atoms with Crippen LogP contribution in [0.1, 0.15) is 0 Å². The summed E-state index contributed by atoms with van der Waals surface area (Å²) in [5.74, 6) is 0.739. The Morgan fingerprint density at radius 3 is 3.20 bits per heavy atom. The number of rotatable bonds is 2. The molecule has 1 fully saturated rings. The van der Waals surface area contributed by atoms with Gasteiger partial charge in [-0.25, -0.2) is 9.97 Å². The molecule has 2 aromatic rings. The van der Waals surface area contributed by atoms with Crippen LogP contribution in [0.25, 0.3) is 11.2 Å². The van der Waals surface area contributed by atoms with Crippen LogP contribution in [-0.2, 0) is 9.47 Å². The molecule has 0 aliphatic carbocycles. The molecule has 1 aliphatic heterocycles. The zero-order valence-corrected chi connectivity index (χ0v) is 11.5. The number of aromatic amines is 1. The monoisotopic (exact) mass is 296 g/mol. The number of hydrogen-bond acceptors (Lipinski definition) is 7. The summed E-state index contributed by atoms with van der Waals surface area (Å²) in [5.41, 5.74) is 1.12. The van der Waals surface area contributed by atoms with E-state index in [4.69, 9.17) is 26.5 Å². The van der Waals surface area contributed by atoms with Gasteiger partial charge in [-0.2, -0.15) is 4.98 Å². The van der Waals surface area contributed by atoms with Crippen LogP contribution in [0.15, 0.2) is 6.33 Å². The van der Waals surface area contributed by atoms with Crippen molar-refractivity contribution < 1.29 is 9.47 Å². The van der Waals surface area contributed by atoms with Gasteiger partial charge in [0, 0.05) is 6.54 Å². The molecule has 0 aromatic carbocycles. The van der Waals surface area contributed by atoms with E-state index in [1.165, 1.54) is 13.4 Å². The lowest BCUT2D eigenvalue weighted by Crippen LogP contribution is -2.46. The van der Waals surface area contributed by atoms with Crippen molar-refractivity contribution in [1.29, 1.82) is 5.41 Å². The van der Waals surface area contributed by atoms with E-state index in [1.807, 2.05) is 4.90 Å². The summed E-state index contributed by atoms with van der Waals surface area (Å²) in [4.78, 5) is 17.4. The fourth-order valence-electron chi connectivity index (χ4n) is 2.07. The van der Waals surface area contributed by atoms with Crippen LogP contribution >= 0.6 is 11.6 Å². The first kappa shape index (κ1) is 13.1. The fourth-order valence-corrected chi connectivity index (χ4v) is 2.24. The van der Waals surface area contributed by atoms with Crippen molar-refractivity contribution in [1.82, 2.24) is 19.9 Å². The predicted octanol–water partition coefficient (Wildman–Crippen LogP) is 0.835. The summed E-state index contributed by atoms with van der Waals surface area (Å²) < 4.78 is 10.4. The normalized spacial score (nSPS) is 19.3. The molecule has 0 spiro atoms. The van der Waals surface area contributed by atoms with Crippen molar-refractivity contribution in [3.05, 3.63) is 11.5 Å². The van der Waals surface area contributed by atoms with Gasteiger partial charge in [-0.15, -0.1) is 0 Å². The molecule has 1 saturated heterocycles. The third kappa shape index (κ3) is 2.27. The topological polar surface area (TPSA) is 100 Å². The summed E-state index contributed by atoms with van der Waals surface area (Å²) in [5, 5.41) is 8.01. The molecule has 2 N–H and O–H groups in total. The Bertz CT molecular complexity index is 645. The maximum absolute atomic E-state index is 7.68. The molecule has 106 valence electrons. The Kier molecular flexibility index (Phi) is 3.41. The van der Waals surface area contributed by atoms with Crippen LogP contribution in [0.3, 0.4) is 0 Å². The van der Waals surface area contributed by atoms with E-state index in [-0.39, 0.29) is 5.90 Å². The summed E-state index contributed by atoms with van der Waals surface area (Å²) in [6.45, 7) is 1.64. The van der Waals surface area contributed by atoms with Crippen molar-refractivity contribution in [2.24, 2.45) is 0 Å². The first-order valence-electron chi connectivity index (χ1n) is 6.04. The van der Waals surface area contributed by atoms with Crippen molar-refractivity contribution >= 4 is 34.6 Å². The zero-order valence-electron chi connectivity index (χ0n) is 10.8. The minimum Gasteiger partial charge on any atom is -0.483 e. The second kappa shape index (κ2) is 5.22. The number of morpholine rings is 1. The van der Waals surface area contributed by atoms with E-state index in [1.54, 1.807) is 0 Å². The maximum atomic E-state index is 7.68. The number of fused-ring (bicyclic) bond motifs is 1. The highest BCUT2D eigenvalue weighted by Gasteiger charge is 2.27. The average Bonchev–Trinajstić information content (AvgIpc) is 2.92. The van der Waals surface area contributed by atoms with Crippen molar-refractivity contribution in [2.45, 2.75) is 6.10 Å². The van der Waals surface area contributed by atoms with Gasteiger partial charge in [0.2, 0.25) is 11.8 Å². The lowest BCUT2D eigenvalue weighted by molar-refractivity contribution is 0.0679. The van der Waals surface area contributed by atoms with Gasteiger partial charge in [-0.3, -0.25) is 5.41 Å². The molecule has 20 heavy (non-hydrogen) atoms. The second-order valence-corrected chi connectivity index (χ2v) is 4.66. The molecule has 1 unspecified atom stereocenters. The Morgan fingerprint density at radius 2 is 2.45 bits per heavy atom. The quantitative estimate of drug-likeness (QED) is 0.484. The van der Waals surface area contributed by atoms with Gasteiger partial charge in [0.05, 0.1) is 20.3 Å². The lowest BCUT2D eigenvalue weighted by atomic mass is 10.3. The fraction of sp³-hybridized carbons (Fsp3) is 0.455. The van der Waals surface area contributed by atoms with Crippen molar-refractivity contribution in [2.75, 3.05) is 31.7 Å². The van der Waals surface area contributed by atoms with E-state index in [0.29, 0.717) is 42.0 Å². The van der Waals surface area contributed by atoms with Gasteiger partial charge in [-0.05, 0) is 0 Å². The smallest absolute Gasteiger partial charge is 0.212 e. The van der Waals surface area contributed by atoms with E-state index in [0.717, 1.165) is 0 Å². The first-order valence-corrected chi connectivity index (χ1v) is 6.42. The van der Waals surface area contributed by atoms with Gasteiger partial charge < -0.3 is 19.4 Å². The van der Waals surface area contributed by atoms with E-state index in [9.17, 15) is 0 Å². The molecule has 9 heteroatoms. The molecule has 1 aliphatic rings. The third-order valence-electron chi connectivity index (χ3n) is 3.11. The molecule has 1 atom stereocenters. The van der Waals surface area contributed by atoms with Crippen molar-refractivity contribution in [3.8, 4) is 0 Å². The second-order valence-electron chi connectivity index (χ2n) is 4.30. The number of halogens is 1. The Hall–Kier alpha value is -1.93. The van der Waals surface area contributed by atoms with Crippen LogP contribution < -0.4 is 4.90 Å². The first-order chi connectivity index (χ1) is 9.69. The Labute approximate surface area is 119 Å². The molecule has 3 rings (SSSR count). The lowest BCUT2D eigenvalue weighted by Gasteiger charge is -2.32. The van der Waals surface area contributed by atoms with Crippen LogP contribution in [-0.4, -0.2) is 58.7 Å². The summed E-state index contributed by atoms with van der Waals surface area (Å²) in [6, 6.07) is 0. The minimum absolute atomic E-state index is 0.101. The van der Waals surface area contributed by atoms with Gasteiger partial charge in [-0.1, -0.05) is 11.6 Å². The summed E-state index contributed by atoms with van der Waals surface area (Å²) >= 11 is 5.99. The molecular formula is C11H13ClN6O2. The molecule has 2 aromatic heterocycles.